The molecule has 0 unspecified atom stereocenters. The van der Waals surface area contributed by atoms with E-state index in [1.165, 1.54) is 18.2 Å². The molecule has 1 aromatic heterocycles. The van der Waals surface area contributed by atoms with Gasteiger partial charge in [0.1, 0.15) is 11.6 Å². The van der Waals surface area contributed by atoms with Crippen LogP contribution in [-0.4, -0.2) is 4.98 Å². The number of benzene rings is 2. The molecular formula is C16H13F2N. The summed E-state index contributed by atoms with van der Waals surface area (Å²) in [5.74, 6) is -1.07. The minimum Gasteiger partial charge on any atom is -0.361 e. The van der Waals surface area contributed by atoms with E-state index in [2.05, 4.69) is 11.9 Å². The van der Waals surface area contributed by atoms with Gasteiger partial charge in [0.05, 0.1) is 5.56 Å². The van der Waals surface area contributed by atoms with Gasteiger partial charge < -0.3 is 4.98 Å². The summed E-state index contributed by atoms with van der Waals surface area (Å²) in [5, 5.41) is 1.02. The van der Waals surface area contributed by atoms with Gasteiger partial charge in [-0.1, -0.05) is 19.1 Å². The molecule has 0 fully saturated rings. The number of rotatable bonds is 2. The molecule has 0 aliphatic rings. The third kappa shape index (κ3) is 1.91. The third-order valence-corrected chi connectivity index (χ3v) is 3.40. The van der Waals surface area contributed by atoms with E-state index < -0.39 is 11.6 Å². The van der Waals surface area contributed by atoms with Crippen molar-refractivity contribution in [1.82, 2.24) is 4.98 Å². The molecule has 0 bridgehead atoms. The van der Waals surface area contributed by atoms with E-state index in [1.807, 2.05) is 18.3 Å². The summed E-state index contributed by atoms with van der Waals surface area (Å²) in [6.45, 7) is 2.05. The molecule has 0 amide bonds. The fourth-order valence-corrected chi connectivity index (χ4v) is 2.40. The summed E-state index contributed by atoms with van der Waals surface area (Å²) in [5.41, 5.74) is 2.73. The molecule has 0 radical (unpaired) electrons. The first kappa shape index (κ1) is 11.9. The van der Waals surface area contributed by atoms with Crippen LogP contribution in [0.5, 0.6) is 0 Å². The van der Waals surface area contributed by atoms with Crippen LogP contribution in [0.4, 0.5) is 8.78 Å². The molecule has 0 aliphatic carbocycles. The van der Waals surface area contributed by atoms with Crippen molar-refractivity contribution in [3.05, 3.63) is 59.8 Å². The van der Waals surface area contributed by atoms with E-state index in [0.717, 1.165) is 22.9 Å². The number of hydrogen-bond acceptors (Lipinski definition) is 0. The maximum atomic E-state index is 13.8. The van der Waals surface area contributed by atoms with Crippen molar-refractivity contribution in [2.75, 3.05) is 0 Å². The van der Waals surface area contributed by atoms with Crippen LogP contribution in [0.3, 0.4) is 0 Å². The number of aryl methyl sites for hydroxylation is 1. The van der Waals surface area contributed by atoms with Crippen molar-refractivity contribution in [1.29, 1.82) is 0 Å². The van der Waals surface area contributed by atoms with Gasteiger partial charge in [-0.25, -0.2) is 8.78 Å². The largest absolute Gasteiger partial charge is 0.361 e. The van der Waals surface area contributed by atoms with Crippen molar-refractivity contribution in [2.45, 2.75) is 13.3 Å². The molecule has 96 valence electrons. The minimum absolute atomic E-state index is 0.0349. The molecule has 3 heteroatoms. The van der Waals surface area contributed by atoms with Crippen LogP contribution in [0.15, 0.2) is 42.6 Å². The number of aromatic nitrogens is 1. The smallest absolute Gasteiger partial charge is 0.133 e. The Hall–Kier alpha value is -2.16. The minimum atomic E-state index is -0.534. The van der Waals surface area contributed by atoms with E-state index >= 15 is 0 Å². The van der Waals surface area contributed by atoms with Crippen molar-refractivity contribution < 1.29 is 8.78 Å². The molecule has 2 aromatic carbocycles. The molecule has 0 saturated carbocycles. The molecular weight excluding hydrogens is 244 g/mol. The second-order valence-electron chi connectivity index (χ2n) is 4.52. The van der Waals surface area contributed by atoms with Gasteiger partial charge in [-0.3, -0.25) is 0 Å². The molecule has 1 N–H and O–H groups in total. The summed E-state index contributed by atoms with van der Waals surface area (Å²) in [6, 6.07) is 9.36. The second-order valence-corrected chi connectivity index (χ2v) is 4.52. The second kappa shape index (κ2) is 4.50. The highest BCUT2D eigenvalue weighted by molar-refractivity contribution is 5.88. The maximum absolute atomic E-state index is 13.8. The fraction of sp³-hybridized carbons (Fsp3) is 0.125. The van der Waals surface area contributed by atoms with E-state index in [-0.39, 0.29) is 5.56 Å². The van der Waals surface area contributed by atoms with Crippen molar-refractivity contribution >= 4 is 10.9 Å². The first-order valence-corrected chi connectivity index (χ1v) is 6.25. The summed E-state index contributed by atoms with van der Waals surface area (Å²) < 4.78 is 27.6. The Morgan fingerprint density at radius 1 is 1.05 bits per heavy atom. The van der Waals surface area contributed by atoms with E-state index in [1.54, 1.807) is 6.07 Å². The monoisotopic (exact) mass is 257 g/mol. The van der Waals surface area contributed by atoms with E-state index in [4.69, 9.17) is 0 Å². The first-order valence-electron chi connectivity index (χ1n) is 6.25. The van der Waals surface area contributed by atoms with Crippen LogP contribution >= 0.6 is 0 Å². The lowest BCUT2D eigenvalue weighted by molar-refractivity contribution is 0.589. The number of fused-ring (bicyclic) bond motifs is 1. The number of nitrogens with one attached hydrogen (secondary N) is 1. The summed E-state index contributed by atoms with van der Waals surface area (Å²) >= 11 is 0. The summed E-state index contributed by atoms with van der Waals surface area (Å²) in [4.78, 5) is 3.16. The Labute approximate surface area is 109 Å². The lowest BCUT2D eigenvalue weighted by atomic mass is 10.0. The van der Waals surface area contributed by atoms with Crippen LogP contribution in [-0.2, 0) is 6.42 Å². The zero-order valence-corrected chi connectivity index (χ0v) is 10.5. The van der Waals surface area contributed by atoms with Gasteiger partial charge in [-0.05, 0) is 41.8 Å². The van der Waals surface area contributed by atoms with Gasteiger partial charge in [-0.15, -0.1) is 0 Å². The third-order valence-electron chi connectivity index (χ3n) is 3.40. The number of hydrogen-bond donors (Lipinski definition) is 1. The van der Waals surface area contributed by atoms with Crippen LogP contribution in [0.2, 0.25) is 0 Å². The normalized spacial score (nSPS) is 11.1. The van der Waals surface area contributed by atoms with Crippen LogP contribution in [0.25, 0.3) is 22.0 Å². The molecule has 0 saturated heterocycles. The zero-order chi connectivity index (χ0) is 13.4. The Balaban J connectivity index is 2.25. The van der Waals surface area contributed by atoms with Crippen LogP contribution < -0.4 is 0 Å². The van der Waals surface area contributed by atoms with Gasteiger partial charge in [0, 0.05) is 17.1 Å². The quantitative estimate of drug-likeness (QED) is 0.686. The molecule has 0 atom stereocenters. The Kier molecular flexibility index (Phi) is 2.82. The Morgan fingerprint density at radius 2 is 1.79 bits per heavy atom. The van der Waals surface area contributed by atoms with Gasteiger partial charge >= 0.3 is 0 Å². The highest BCUT2D eigenvalue weighted by atomic mass is 19.1. The van der Waals surface area contributed by atoms with E-state index in [9.17, 15) is 8.78 Å². The molecule has 19 heavy (non-hydrogen) atoms. The number of H-pyrrole nitrogens is 1. The average Bonchev–Trinajstić information content (AvgIpc) is 2.81. The molecule has 0 aliphatic heterocycles. The lowest BCUT2D eigenvalue weighted by Crippen LogP contribution is -1.89. The zero-order valence-electron chi connectivity index (χ0n) is 10.5. The standard InChI is InChI=1S/C16H13F2N/c1-2-10-9-19-15-7-6-11(8-12(10)15)16-13(17)4-3-5-14(16)18/h3-9,19H,2H2,1H3. The predicted molar refractivity (Wildman–Crippen MR) is 73.0 cm³/mol. The fourth-order valence-electron chi connectivity index (χ4n) is 2.40. The van der Waals surface area contributed by atoms with Gasteiger partial charge in [0.25, 0.3) is 0 Å². The Bertz CT molecular complexity index is 723. The average molecular weight is 257 g/mol. The highest BCUT2D eigenvalue weighted by Gasteiger charge is 2.12. The lowest BCUT2D eigenvalue weighted by Gasteiger charge is -2.06. The summed E-state index contributed by atoms with van der Waals surface area (Å²) in [7, 11) is 0. The van der Waals surface area contributed by atoms with Crippen molar-refractivity contribution in [3.8, 4) is 11.1 Å². The first-order chi connectivity index (χ1) is 9.20. The Morgan fingerprint density at radius 3 is 2.47 bits per heavy atom. The predicted octanol–water partition coefficient (Wildman–Crippen LogP) is 4.68. The van der Waals surface area contributed by atoms with Crippen molar-refractivity contribution in [2.24, 2.45) is 0 Å². The SMILES string of the molecule is CCc1c[nH]c2ccc(-c3c(F)cccc3F)cc12. The van der Waals surface area contributed by atoms with E-state index in [0.29, 0.717) is 5.56 Å². The summed E-state index contributed by atoms with van der Waals surface area (Å²) in [6.07, 6.45) is 2.81. The number of aromatic amines is 1. The molecule has 3 aromatic rings. The van der Waals surface area contributed by atoms with Gasteiger partial charge in [0.15, 0.2) is 0 Å². The highest BCUT2D eigenvalue weighted by Crippen LogP contribution is 2.30. The molecule has 3 rings (SSSR count). The maximum Gasteiger partial charge on any atom is 0.133 e. The van der Waals surface area contributed by atoms with Crippen molar-refractivity contribution in [3.63, 3.8) is 0 Å². The van der Waals surface area contributed by atoms with Crippen LogP contribution in [0.1, 0.15) is 12.5 Å². The topological polar surface area (TPSA) is 15.8 Å². The molecule has 1 heterocycles. The van der Waals surface area contributed by atoms with Crippen LogP contribution in [0, 0.1) is 11.6 Å². The van der Waals surface area contributed by atoms with Gasteiger partial charge in [0.2, 0.25) is 0 Å². The molecule has 1 nitrogen and oxygen atoms in total. The molecule has 0 spiro atoms. The van der Waals surface area contributed by atoms with Gasteiger partial charge in [-0.2, -0.15) is 0 Å². The number of halogens is 2.